The Hall–Kier alpha value is -2.72. The Morgan fingerprint density at radius 2 is 0.571 bits per heavy atom. The van der Waals surface area contributed by atoms with Gasteiger partial charge in [-0.25, -0.2) is 0 Å². The Balaban J connectivity index is 0.00000102. The van der Waals surface area contributed by atoms with Crippen LogP contribution in [0, 0.1) is 71.0 Å². The molecule has 0 bridgehead atoms. The molecule has 0 saturated heterocycles. The number of aliphatic hydroxyl groups excluding tert-OH is 2. The summed E-state index contributed by atoms with van der Waals surface area (Å²) < 4.78 is 0. The molecule has 0 amide bonds. The molecule has 146 valence electrons. The van der Waals surface area contributed by atoms with Crippen LogP contribution in [0.3, 0.4) is 0 Å². The van der Waals surface area contributed by atoms with Crippen LogP contribution in [0.1, 0.15) is 77.0 Å². The lowest BCUT2D eigenvalue weighted by molar-refractivity contribution is 0.304. The molecule has 0 unspecified atom stereocenters. The van der Waals surface area contributed by atoms with E-state index in [1.54, 1.807) is 0 Å². The molecule has 0 aliphatic heterocycles. The minimum absolute atomic E-state index is 0.0710. The minimum atomic E-state index is 0.0710. The predicted octanol–water partition coefficient (Wildman–Crippen LogP) is 3.67. The van der Waals surface area contributed by atoms with E-state index >= 15 is 0 Å². The SMILES string of the molecule is C1CCCCC1.OCCC#CC#CCCC#CC#CCCC#CC#CCCO. The third kappa shape index (κ3) is 23.3. The molecule has 2 N–H and O–H groups in total. The molecule has 0 aromatic rings. The normalized spacial score (nSPS) is 10.5. The van der Waals surface area contributed by atoms with Crippen LogP contribution in [-0.4, -0.2) is 23.4 Å². The Morgan fingerprint density at radius 3 is 0.786 bits per heavy atom. The zero-order valence-electron chi connectivity index (χ0n) is 16.8. The van der Waals surface area contributed by atoms with Crippen LogP contribution < -0.4 is 0 Å². The molecule has 0 atom stereocenters. The Labute approximate surface area is 171 Å². The average Bonchev–Trinajstić information content (AvgIpc) is 2.74. The van der Waals surface area contributed by atoms with Crippen LogP contribution in [0.15, 0.2) is 0 Å². The summed E-state index contributed by atoms with van der Waals surface area (Å²) in [5, 5.41) is 17.0. The second-order valence-electron chi connectivity index (χ2n) is 5.88. The zero-order chi connectivity index (χ0) is 20.4. The molecule has 0 heterocycles. The van der Waals surface area contributed by atoms with Crippen molar-refractivity contribution in [2.75, 3.05) is 13.2 Å². The van der Waals surface area contributed by atoms with E-state index in [1.165, 1.54) is 38.5 Å². The maximum absolute atomic E-state index is 8.50. The van der Waals surface area contributed by atoms with Crippen LogP contribution in [-0.2, 0) is 0 Å². The van der Waals surface area contributed by atoms with Gasteiger partial charge in [-0.1, -0.05) is 74.0 Å². The van der Waals surface area contributed by atoms with Gasteiger partial charge in [-0.15, -0.1) is 0 Å². The van der Waals surface area contributed by atoms with Gasteiger partial charge in [0.05, 0.1) is 13.2 Å². The summed E-state index contributed by atoms with van der Waals surface area (Å²) in [6.07, 6.45) is 12.6. The van der Waals surface area contributed by atoms with E-state index < -0.39 is 0 Å². The van der Waals surface area contributed by atoms with Crippen LogP contribution in [0.2, 0.25) is 0 Å². The van der Waals surface area contributed by atoms with Gasteiger partial charge in [-0.05, 0) is 35.5 Å². The average molecular weight is 375 g/mol. The van der Waals surface area contributed by atoms with Gasteiger partial charge in [0.2, 0.25) is 0 Å². The summed E-state index contributed by atoms with van der Waals surface area (Å²) in [5.74, 6) is 33.3. The first kappa shape index (κ1) is 25.3. The fourth-order valence-corrected chi connectivity index (χ4v) is 2.06. The van der Waals surface area contributed by atoms with Gasteiger partial charge in [0.25, 0.3) is 0 Å². The molecule has 1 saturated carbocycles. The number of aliphatic hydroxyl groups is 2. The lowest BCUT2D eigenvalue weighted by Gasteiger charge is -2.05. The molecule has 1 rings (SSSR count). The summed E-state index contributed by atoms with van der Waals surface area (Å²) in [4.78, 5) is 0. The third-order valence-electron chi connectivity index (χ3n) is 3.44. The highest BCUT2D eigenvalue weighted by molar-refractivity contribution is 5.29. The van der Waals surface area contributed by atoms with Crippen molar-refractivity contribution in [2.24, 2.45) is 0 Å². The van der Waals surface area contributed by atoms with Gasteiger partial charge < -0.3 is 10.2 Å². The molecule has 1 aliphatic rings. The zero-order valence-corrected chi connectivity index (χ0v) is 16.8. The molecule has 2 heteroatoms. The standard InChI is InChI=1S/C20H18O2.C6H12/c21-19-17-15-13-11-9-7-5-3-1-2-4-6-8-10-12-14-16-18-20-22;1-2-4-6-5-3-1/h21-22H,5-8,17-20H2;1-6H2. The molecule has 28 heavy (non-hydrogen) atoms. The van der Waals surface area contributed by atoms with Crippen LogP contribution in [0.4, 0.5) is 0 Å². The number of unbranched alkanes of at least 4 members (excludes halogenated alkanes) is 2. The Kier molecular flexibility index (Phi) is 21.9. The summed E-state index contributed by atoms with van der Waals surface area (Å²) in [6.45, 7) is 0.142. The summed E-state index contributed by atoms with van der Waals surface area (Å²) in [5.41, 5.74) is 0. The first-order valence-electron chi connectivity index (χ1n) is 10.0. The van der Waals surface area contributed by atoms with Crippen molar-refractivity contribution in [1.82, 2.24) is 0 Å². The van der Waals surface area contributed by atoms with Crippen molar-refractivity contribution in [3.63, 3.8) is 0 Å². The van der Waals surface area contributed by atoms with Gasteiger partial charge in [0, 0.05) is 38.5 Å². The highest BCUT2D eigenvalue weighted by atomic mass is 16.3. The lowest BCUT2D eigenvalue weighted by Crippen LogP contribution is -1.85. The first-order valence-corrected chi connectivity index (χ1v) is 10.0. The topological polar surface area (TPSA) is 40.5 Å². The van der Waals surface area contributed by atoms with Crippen molar-refractivity contribution in [2.45, 2.75) is 77.0 Å². The number of hydrogen-bond acceptors (Lipinski definition) is 2. The maximum atomic E-state index is 8.50. The highest BCUT2D eigenvalue weighted by Gasteiger charge is 1.95. The molecule has 0 aromatic carbocycles. The molecule has 0 aromatic heterocycles. The van der Waals surface area contributed by atoms with Crippen LogP contribution in [0.5, 0.6) is 0 Å². The van der Waals surface area contributed by atoms with Gasteiger partial charge in [-0.3, -0.25) is 0 Å². The molecule has 2 nitrogen and oxygen atoms in total. The Morgan fingerprint density at radius 1 is 0.357 bits per heavy atom. The largest absolute Gasteiger partial charge is 0.395 e. The van der Waals surface area contributed by atoms with Gasteiger partial charge in [0.1, 0.15) is 0 Å². The van der Waals surface area contributed by atoms with Gasteiger partial charge in [-0.2, -0.15) is 0 Å². The second-order valence-corrected chi connectivity index (χ2v) is 5.88. The summed E-state index contributed by atoms with van der Waals surface area (Å²) in [6, 6.07) is 0. The fraction of sp³-hybridized carbons (Fsp3) is 0.538. The van der Waals surface area contributed by atoms with Crippen molar-refractivity contribution in [1.29, 1.82) is 0 Å². The molecule has 0 radical (unpaired) electrons. The molecular formula is C26H30O2. The summed E-state index contributed by atoms with van der Waals surface area (Å²) in [7, 11) is 0. The monoisotopic (exact) mass is 374 g/mol. The predicted molar refractivity (Wildman–Crippen MR) is 116 cm³/mol. The van der Waals surface area contributed by atoms with E-state index in [-0.39, 0.29) is 13.2 Å². The van der Waals surface area contributed by atoms with Crippen molar-refractivity contribution in [3.8, 4) is 71.0 Å². The minimum Gasteiger partial charge on any atom is -0.395 e. The lowest BCUT2D eigenvalue weighted by atomic mass is 10.0. The van der Waals surface area contributed by atoms with Crippen molar-refractivity contribution >= 4 is 0 Å². The van der Waals surface area contributed by atoms with Gasteiger partial charge >= 0.3 is 0 Å². The van der Waals surface area contributed by atoms with E-state index in [2.05, 4.69) is 71.0 Å². The fourth-order valence-electron chi connectivity index (χ4n) is 2.06. The molecule has 1 fully saturated rings. The van der Waals surface area contributed by atoms with E-state index in [1.807, 2.05) is 0 Å². The smallest absolute Gasteiger partial charge is 0.0540 e. The highest BCUT2D eigenvalue weighted by Crippen LogP contribution is 2.15. The molecule has 0 spiro atoms. The molecule has 1 aliphatic carbocycles. The van der Waals surface area contributed by atoms with Crippen molar-refractivity contribution < 1.29 is 10.2 Å². The van der Waals surface area contributed by atoms with Crippen molar-refractivity contribution in [3.05, 3.63) is 0 Å². The van der Waals surface area contributed by atoms with Crippen LogP contribution >= 0.6 is 0 Å². The van der Waals surface area contributed by atoms with Crippen LogP contribution in [0.25, 0.3) is 0 Å². The Bertz CT molecular complexity index is 675. The number of hydrogen-bond donors (Lipinski definition) is 2. The third-order valence-corrected chi connectivity index (χ3v) is 3.44. The first-order chi connectivity index (χ1) is 13.9. The van der Waals surface area contributed by atoms with E-state index in [0.29, 0.717) is 38.5 Å². The maximum Gasteiger partial charge on any atom is 0.0540 e. The van der Waals surface area contributed by atoms with E-state index in [0.717, 1.165) is 0 Å². The summed E-state index contributed by atoms with van der Waals surface area (Å²) >= 11 is 0. The van der Waals surface area contributed by atoms with Gasteiger partial charge in [0.15, 0.2) is 0 Å². The van der Waals surface area contributed by atoms with E-state index in [4.69, 9.17) is 10.2 Å². The number of rotatable bonds is 4. The second kappa shape index (κ2) is 24.3. The van der Waals surface area contributed by atoms with E-state index in [9.17, 15) is 0 Å². The molecular weight excluding hydrogens is 344 g/mol. The quantitative estimate of drug-likeness (QED) is 0.582.